The van der Waals surface area contributed by atoms with Crippen molar-refractivity contribution in [3.8, 4) is 0 Å². The number of esters is 1. The van der Waals surface area contributed by atoms with E-state index in [2.05, 4.69) is 120 Å². The summed E-state index contributed by atoms with van der Waals surface area (Å²) in [5.74, 6) is -0.131. The van der Waals surface area contributed by atoms with E-state index in [1.165, 1.54) is 15.6 Å². The molecular formula is C28H25NO2Si. The minimum Gasteiger partial charge on any atom is -0.463 e. The third-order valence-corrected chi connectivity index (χ3v) is 11.0. The number of cyclic esters (lactones) is 1. The maximum Gasteiger partial charge on any atom is 0.308 e. The molecule has 0 saturated carbocycles. The van der Waals surface area contributed by atoms with Gasteiger partial charge in [-0.1, -0.05) is 109 Å². The lowest BCUT2D eigenvalue weighted by molar-refractivity contribution is -0.137. The number of carbonyl (C=O) groups excluding carboxylic acids is 1. The van der Waals surface area contributed by atoms with E-state index >= 15 is 0 Å². The van der Waals surface area contributed by atoms with Crippen LogP contribution in [-0.2, 0) is 9.53 Å². The summed E-state index contributed by atoms with van der Waals surface area (Å²) in [5.41, 5.74) is 1.11. The molecule has 4 heteroatoms. The molecule has 0 spiro atoms. The van der Waals surface area contributed by atoms with Crippen molar-refractivity contribution in [2.24, 2.45) is 0 Å². The van der Waals surface area contributed by atoms with Crippen LogP contribution in [0.2, 0.25) is 0 Å². The largest absolute Gasteiger partial charge is 0.463 e. The van der Waals surface area contributed by atoms with Gasteiger partial charge in [-0.3, -0.25) is 4.79 Å². The van der Waals surface area contributed by atoms with Gasteiger partial charge in [0.25, 0.3) is 8.24 Å². The van der Waals surface area contributed by atoms with Crippen molar-refractivity contribution in [1.29, 1.82) is 0 Å². The third kappa shape index (κ3) is 3.53. The van der Waals surface area contributed by atoms with Crippen molar-refractivity contribution in [2.75, 3.05) is 11.2 Å². The zero-order valence-corrected chi connectivity index (χ0v) is 18.8. The number of hydrogen-bond acceptors (Lipinski definition) is 3. The number of para-hydroxylation sites is 1. The van der Waals surface area contributed by atoms with Crippen molar-refractivity contribution >= 4 is 35.5 Å². The van der Waals surface area contributed by atoms with Crippen LogP contribution < -0.4 is 20.1 Å². The lowest BCUT2D eigenvalue weighted by Crippen LogP contribution is -2.79. The molecule has 1 fully saturated rings. The Hall–Kier alpha value is -3.63. The van der Waals surface area contributed by atoms with Gasteiger partial charge in [0, 0.05) is 5.69 Å². The van der Waals surface area contributed by atoms with Gasteiger partial charge in [-0.05, 0) is 27.7 Å². The molecule has 1 atom stereocenters. The first kappa shape index (κ1) is 20.3. The van der Waals surface area contributed by atoms with Crippen LogP contribution in [0.25, 0.3) is 0 Å². The quantitative estimate of drug-likeness (QED) is 0.264. The molecule has 0 aromatic heterocycles. The fraction of sp³-hybridized carbons (Fsp3) is 0.107. The van der Waals surface area contributed by atoms with Crippen molar-refractivity contribution in [3.63, 3.8) is 0 Å². The topological polar surface area (TPSA) is 29.5 Å². The third-order valence-electron chi connectivity index (χ3n) is 6.17. The molecule has 1 aliphatic rings. The molecule has 5 rings (SSSR count). The Morgan fingerprint density at radius 2 is 1.03 bits per heavy atom. The second-order valence-electron chi connectivity index (χ2n) is 8.05. The molecule has 0 N–H and O–H groups in total. The fourth-order valence-corrected chi connectivity index (χ4v) is 10.00. The summed E-state index contributed by atoms with van der Waals surface area (Å²) in [4.78, 5) is 12.3. The Morgan fingerprint density at radius 1 is 0.625 bits per heavy atom. The number of nitrogens with zero attached hydrogens (tertiary/aromatic N) is 1. The average Bonchev–Trinajstić information content (AvgIpc) is 3.30. The van der Waals surface area contributed by atoms with Gasteiger partial charge in [0.2, 0.25) is 0 Å². The molecule has 0 aliphatic carbocycles. The van der Waals surface area contributed by atoms with Gasteiger partial charge in [0.1, 0.15) is 6.61 Å². The molecule has 0 radical (unpaired) electrons. The minimum absolute atomic E-state index is 0.0443. The van der Waals surface area contributed by atoms with Crippen LogP contribution in [-0.4, -0.2) is 26.9 Å². The highest BCUT2D eigenvalue weighted by atomic mass is 28.3. The standard InChI is InChI=1S/C28H25NO2Si/c30-28-21-24(22-31-28)29(23-13-5-1-6-14-23)32(25-15-7-2-8-16-25,26-17-9-3-10-18-26)27-19-11-4-12-20-27/h1-20,24H,21-22H2. The number of hydrogen-bond donors (Lipinski definition) is 0. The van der Waals surface area contributed by atoms with Gasteiger partial charge in [-0.15, -0.1) is 0 Å². The highest BCUT2D eigenvalue weighted by Crippen LogP contribution is 2.29. The van der Waals surface area contributed by atoms with Gasteiger partial charge in [-0.25, -0.2) is 0 Å². The minimum atomic E-state index is -2.79. The SMILES string of the molecule is O=C1CC(N(c2ccccc2)[Si](c2ccccc2)(c2ccccc2)c2ccccc2)CO1. The first-order valence-electron chi connectivity index (χ1n) is 11.0. The van der Waals surface area contributed by atoms with E-state index < -0.39 is 8.24 Å². The van der Waals surface area contributed by atoms with E-state index in [0.29, 0.717) is 13.0 Å². The maximum absolute atomic E-state index is 12.3. The summed E-state index contributed by atoms with van der Waals surface area (Å²) < 4.78 is 8.04. The van der Waals surface area contributed by atoms with E-state index in [-0.39, 0.29) is 12.0 Å². The van der Waals surface area contributed by atoms with E-state index in [1.54, 1.807) is 0 Å². The molecule has 3 nitrogen and oxygen atoms in total. The van der Waals surface area contributed by atoms with Gasteiger partial charge in [0.15, 0.2) is 0 Å². The van der Waals surface area contributed by atoms with Crippen LogP contribution in [0.3, 0.4) is 0 Å². The highest BCUT2D eigenvalue weighted by molar-refractivity contribution is 7.13. The summed E-state index contributed by atoms with van der Waals surface area (Å²) in [5, 5.41) is 3.84. The molecule has 4 aromatic rings. The Bertz CT molecular complexity index is 1070. The second-order valence-corrected chi connectivity index (χ2v) is 11.7. The van der Waals surface area contributed by atoms with Gasteiger partial charge in [-0.2, -0.15) is 0 Å². The van der Waals surface area contributed by atoms with Crippen molar-refractivity contribution < 1.29 is 9.53 Å². The number of carbonyl (C=O) groups is 1. The predicted molar refractivity (Wildman–Crippen MR) is 132 cm³/mol. The number of ether oxygens (including phenoxy) is 1. The molecule has 1 aliphatic heterocycles. The first-order valence-corrected chi connectivity index (χ1v) is 12.9. The highest BCUT2D eigenvalue weighted by Gasteiger charge is 2.50. The Morgan fingerprint density at radius 3 is 1.41 bits per heavy atom. The predicted octanol–water partition coefficient (Wildman–Crippen LogP) is 3.48. The van der Waals surface area contributed by atoms with E-state index in [0.717, 1.165) is 5.69 Å². The fourth-order valence-electron chi connectivity index (χ4n) is 4.89. The molecule has 4 aromatic carbocycles. The van der Waals surface area contributed by atoms with Crippen LogP contribution in [0.15, 0.2) is 121 Å². The van der Waals surface area contributed by atoms with Crippen LogP contribution >= 0.6 is 0 Å². The second kappa shape index (κ2) is 8.85. The van der Waals surface area contributed by atoms with E-state index in [1.807, 2.05) is 6.07 Å². The van der Waals surface area contributed by atoms with Crippen LogP contribution in [0.1, 0.15) is 6.42 Å². The normalized spacial score (nSPS) is 15.9. The molecular weight excluding hydrogens is 410 g/mol. The molecule has 1 unspecified atom stereocenters. The average molecular weight is 436 g/mol. The molecule has 158 valence electrons. The van der Waals surface area contributed by atoms with E-state index in [9.17, 15) is 4.79 Å². The summed E-state index contributed by atoms with van der Waals surface area (Å²) in [7, 11) is -2.79. The summed E-state index contributed by atoms with van der Waals surface area (Å²) in [6.07, 6.45) is 0.385. The summed E-state index contributed by atoms with van der Waals surface area (Å²) >= 11 is 0. The van der Waals surface area contributed by atoms with Crippen molar-refractivity contribution in [3.05, 3.63) is 121 Å². The number of rotatable bonds is 6. The smallest absolute Gasteiger partial charge is 0.308 e. The Balaban J connectivity index is 1.88. The lowest BCUT2D eigenvalue weighted by atomic mass is 10.2. The monoisotopic (exact) mass is 435 g/mol. The summed E-state index contributed by atoms with van der Waals surface area (Å²) in [6.45, 7) is 0.398. The Labute approximate surface area is 190 Å². The van der Waals surface area contributed by atoms with Gasteiger partial charge >= 0.3 is 5.97 Å². The maximum atomic E-state index is 12.3. The molecule has 1 saturated heterocycles. The lowest BCUT2D eigenvalue weighted by Gasteiger charge is -2.47. The van der Waals surface area contributed by atoms with Crippen molar-refractivity contribution in [2.45, 2.75) is 12.5 Å². The van der Waals surface area contributed by atoms with Crippen LogP contribution in [0.5, 0.6) is 0 Å². The zero-order chi connectivity index (χ0) is 21.8. The molecule has 1 heterocycles. The van der Waals surface area contributed by atoms with Crippen LogP contribution in [0, 0.1) is 0 Å². The number of benzene rings is 4. The summed E-state index contributed by atoms with van der Waals surface area (Å²) in [6, 6.07) is 42.7. The molecule has 0 bridgehead atoms. The first-order chi connectivity index (χ1) is 15.8. The molecule has 0 amide bonds. The van der Waals surface area contributed by atoms with E-state index in [4.69, 9.17) is 4.74 Å². The Kier molecular flexibility index (Phi) is 5.61. The zero-order valence-electron chi connectivity index (χ0n) is 17.8. The van der Waals surface area contributed by atoms with Crippen molar-refractivity contribution in [1.82, 2.24) is 0 Å². The van der Waals surface area contributed by atoms with Crippen LogP contribution in [0.4, 0.5) is 5.69 Å². The van der Waals surface area contributed by atoms with Gasteiger partial charge < -0.3 is 9.30 Å². The number of anilines is 1. The van der Waals surface area contributed by atoms with Gasteiger partial charge in [0.05, 0.1) is 12.5 Å². The molecule has 32 heavy (non-hydrogen) atoms.